The van der Waals surface area contributed by atoms with E-state index in [-0.39, 0.29) is 23.2 Å². The average molecular weight is 456 g/mol. The van der Waals surface area contributed by atoms with E-state index >= 15 is 0 Å². The van der Waals surface area contributed by atoms with Gasteiger partial charge >= 0.3 is 0 Å². The molecule has 0 heterocycles. The highest BCUT2D eigenvalue weighted by Gasteiger charge is 2.27. The van der Waals surface area contributed by atoms with Crippen LogP contribution in [0.1, 0.15) is 87.1 Å². The van der Waals surface area contributed by atoms with Crippen LogP contribution in [0.3, 0.4) is 0 Å². The number of aliphatic hydroxyl groups is 1. The van der Waals surface area contributed by atoms with Gasteiger partial charge in [0.05, 0.1) is 38.1 Å². The van der Waals surface area contributed by atoms with Crippen molar-refractivity contribution in [2.24, 2.45) is 5.41 Å². The van der Waals surface area contributed by atoms with Crippen molar-refractivity contribution in [1.29, 1.82) is 0 Å². The lowest BCUT2D eigenvalue weighted by Gasteiger charge is -2.34. The number of benzene rings is 1. The van der Waals surface area contributed by atoms with Crippen LogP contribution in [0.5, 0.6) is 11.5 Å². The van der Waals surface area contributed by atoms with Gasteiger partial charge in [-0.05, 0) is 52.0 Å². The highest BCUT2D eigenvalue weighted by molar-refractivity contribution is 5.57. The van der Waals surface area contributed by atoms with Crippen LogP contribution in [0.4, 0.5) is 5.69 Å². The van der Waals surface area contributed by atoms with Crippen molar-refractivity contribution in [2.75, 3.05) is 32.7 Å². The first-order valence-electron chi connectivity index (χ1n) is 11.7. The summed E-state index contributed by atoms with van der Waals surface area (Å²) in [7, 11) is 1.56. The molecule has 0 aliphatic heterocycles. The quantitative estimate of drug-likeness (QED) is 0.298. The summed E-state index contributed by atoms with van der Waals surface area (Å²) >= 11 is 0. The Morgan fingerprint density at radius 1 is 0.844 bits per heavy atom. The van der Waals surface area contributed by atoms with E-state index in [2.05, 4.69) is 62.3 Å². The summed E-state index contributed by atoms with van der Waals surface area (Å²) in [6.07, 6.45) is 3.04. The maximum Gasteiger partial charge on any atom is 0.163 e. The standard InChI is InChI=1S/C23H41NO5.C3H8/c1-21(2,3)16-23(6,7)28-10-9-22(4,5)29-12-11-27-20-14-18(24)17(15-25)13-19(20)26-8;1-3-2/h13-14,25H,9-12,15-16,24H2,1-8H3;3H2,1-2H3. The van der Waals surface area contributed by atoms with Gasteiger partial charge in [0.25, 0.3) is 0 Å². The molecule has 0 amide bonds. The molecule has 1 aromatic carbocycles. The molecule has 6 heteroatoms. The Labute approximate surface area is 196 Å². The molecule has 0 aromatic heterocycles. The minimum absolute atomic E-state index is 0.144. The number of hydrogen-bond acceptors (Lipinski definition) is 6. The second-order valence-electron chi connectivity index (χ2n) is 10.6. The second kappa shape index (κ2) is 13.9. The lowest BCUT2D eigenvalue weighted by Crippen LogP contribution is -2.34. The van der Waals surface area contributed by atoms with E-state index in [4.69, 9.17) is 24.7 Å². The molecule has 188 valence electrons. The van der Waals surface area contributed by atoms with Gasteiger partial charge in [-0.2, -0.15) is 0 Å². The molecule has 0 atom stereocenters. The Morgan fingerprint density at radius 3 is 1.91 bits per heavy atom. The van der Waals surface area contributed by atoms with Crippen molar-refractivity contribution >= 4 is 5.69 Å². The van der Waals surface area contributed by atoms with Gasteiger partial charge in [-0.3, -0.25) is 0 Å². The molecule has 0 unspecified atom stereocenters. The fourth-order valence-corrected chi connectivity index (χ4v) is 3.47. The number of rotatable bonds is 12. The third-order valence-corrected chi connectivity index (χ3v) is 4.58. The van der Waals surface area contributed by atoms with Crippen LogP contribution < -0.4 is 15.2 Å². The van der Waals surface area contributed by atoms with Gasteiger partial charge in [0.15, 0.2) is 11.5 Å². The van der Waals surface area contributed by atoms with Gasteiger partial charge in [-0.25, -0.2) is 0 Å². The zero-order valence-electron chi connectivity index (χ0n) is 22.3. The number of nitrogens with two attached hydrogens (primary N) is 1. The molecule has 0 bridgehead atoms. The van der Waals surface area contributed by atoms with Crippen molar-refractivity contribution < 1.29 is 24.1 Å². The fourth-order valence-electron chi connectivity index (χ4n) is 3.47. The summed E-state index contributed by atoms with van der Waals surface area (Å²) in [6.45, 7) is 20.6. The third-order valence-electron chi connectivity index (χ3n) is 4.58. The predicted octanol–water partition coefficient (Wildman–Crippen LogP) is 5.98. The van der Waals surface area contributed by atoms with Crippen LogP contribution in [-0.4, -0.2) is 43.2 Å². The first-order valence-corrected chi connectivity index (χ1v) is 11.7. The SMILES string of the molecule is CCC.COc1cc(CO)c(N)cc1OCCOC(C)(C)CCOC(C)(C)CC(C)(C)C. The van der Waals surface area contributed by atoms with E-state index in [0.717, 1.165) is 12.8 Å². The molecule has 0 fully saturated rings. The van der Waals surface area contributed by atoms with E-state index in [1.807, 2.05) is 0 Å². The molecular weight excluding hydrogens is 406 g/mol. The summed E-state index contributed by atoms with van der Waals surface area (Å²) < 4.78 is 23.2. The van der Waals surface area contributed by atoms with Crippen LogP contribution in [0, 0.1) is 5.41 Å². The predicted molar refractivity (Wildman–Crippen MR) is 134 cm³/mol. The summed E-state index contributed by atoms with van der Waals surface area (Å²) in [5.74, 6) is 1.08. The monoisotopic (exact) mass is 455 g/mol. The second-order valence-corrected chi connectivity index (χ2v) is 10.6. The van der Waals surface area contributed by atoms with Crippen molar-refractivity contribution in [3.05, 3.63) is 17.7 Å². The molecule has 0 saturated heterocycles. The highest BCUT2D eigenvalue weighted by atomic mass is 16.5. The van der Waals surface area contributed by atoms with Crippen molar-refractivity contribution in [1.82, 2.24) is 0 Å². The van der Waals surface area contributed by atoms with Crippen molar-refractivity contribution in [3.63, 3.8) is 0 Å². The molecular formula is C26H49NO5. The first-order chi connectivity index (χ1) is 14.7. The molecule has 1 rings (SSSR count). The molecule has 3 N–H and O–H groups in total. The van der Waals surface area contributed by atoms with Gasteiger partial charge in [-0.15, -0.1) is 0 Å². The molecule has 6 nitrogen and oxygen atoms in total. The molecule has 0 aliphatic carbocycles. The summed E-state index contributed by atoms with van der Waals surface area (Å²) in [4.78, 5) is 0. The van der Waals surface area contributed by atoms with Crippen LogP contribution in [0.15, 0.2) is 12.1 Å². The number of methoxy groups -OCH3 is 1. The van der Waals surface area contributed by atoms with E-state index in [0.29, 0.717) is 42.6 Å². The van der Waals surface area contributed by atoms with Crippen LogP contribution >= 0.6 is 0 Å². The average Bonchev–Trinajstić information content (AvgIpc) is 2.63. The zero-order valence-corrected chi connectivity index (χ0v) is 22.3. The minimum atomic E-state index is -0.314. The van der Waals surface area contributed by atoms with Gasteiger partial charge in [-0.1, -0.05) is 41.0 Å². The van der Waals surface area contributed by atoms with Gasteiger partial charge in [0.2, 0.25) is 0 Å². The topological polar surface area (TPSA) is 83.2 Å². The van der Waals surface area contributed by atoms with Crippen LogP contribution in [0.25, 0.3) is 0 Å². The molecule has 1 aromatic rings. The van der Waals surface area contributed by atoms with Gasteiger partial charge in [0, 0.05) is 17.3 Å². The number of nitrogen functional groups attached to an aromatic ring is 1. The summed E-state index contributed by atoms with van der Waals surface area (Å²) in [6, 6.07) is 3.35. The van der Waals surface area contributed by atoms with E-state index in [1.165, 1.54) is 6.42 Å². The Morgan fingerprint density at radius 2 is 1.41 bits per heavy atom. The highest BCUT2D eigenvalue weighted by Crippen LogP contribution is 2.32. The van der Waals surface area contributed by atoms with Crippen molar-refractivity contribution in [2.45, 2.75) is 99.4 Å². The largest absolute Gasteiger partial charge is 0.493 e. The molecule has 0 saturated carbocycles. The Balaban J connectivity index is 0.00000302. The van der Waals surface area contributed by atoms with Gasteiger partial charge in [0.1, 0.15) is 6.61 Å². The lowest BCUT2D eigenvalue weighted by molar-refractivity contribution is -0.0860. The van der Waals surface area contributed by atoms with Crippen LogP contribution in [-0.2, 0) is 16.1 Å². The third kappa shape index (κ3) is 13.1. The number of hydrogen-bond donors (Lipinski definition) is 2. The zero-order chi connectivity index (χ0) is 25.0. The normalized spacial score (nSPS) is 12.2. The van der Waals surface area contributed by atoms with Crippen LogP contribution in [0.2, 0.25) is 0 Å². The van der Waals surface area contributed by atoms with Crippen molar-refractivity contribution in [3.8, 4) is 11.5 Å². The Bertz CT molecular complexity index is 650. The van der Waals surface area contributed by atoms with E-state index in [1.54, 1.807) is 19.2 Å². The Kier molecular flexibility index (Phi) is 13.3. The molecule has 0 spiro atoms. The van der Waals surface area contributed by atoms with E-state index < -0.39 is 0 Å². The van der Waals surface area contributed by atoms with E-state index in [9.17, 15) is 5.11 Å². The smallest absolute Gasteiger partial charge is 0.163 e. The number of aliphatic hydroxyl groups excluding tert-OH is 1. The molecule has 32 heavy (non-hydrogen) atoms. The van der Waals surface area contributed by atoms with Gasteiger partial charge < -0.3 is 29.8 Å². The molecule has 0 aliphatic rings. The summed E-state index contributed by atoms with van der Waals surface area (Å²) in [5, 5.41) is 9.30. The molecule has 0 radical (unpaired) electrons. The maximum atomic E-state index is 9.30. The summed E-state index contributed by atoms with van der Waals surface area (Å²) in [5.41, 5.74) is 6.76. The number of ether oxygens (including phenoxy) is 4. The lowest BCUT2D eigenvalue weighted by atomic mass is 9.83. The maximum absolute atomic E-state index is 9.30. The minimum Gasteiger partial charge on any atom is -0.493 e. The fraction of sp³-hybridized carbons (Fsp3) is 0.769. The Hall–Kier alpha value is -1.50. The first kappa shape index (κ1) is 30.5. The number of anilines is 1.